The summed E-state index contributed by atoms with van der Waals surface area (Å²) in [5, 5.41) is 6.70. The topological polar surface area (TPSA) is 80.0 Å². The number of thiazole rings is 1. The van der Waals surface area contributed by atoms with Gasteiger partial charge in [-0.3, -0.25) is 4.79 Å². The molecular formula is C11H20N4OS. The van der Waals surface area contributed by atoms with Crippen molar-refractivity contribution in [2.75, 3.05) is 17.6 Å². The highest BCUT2D eigenvalue weighted by atomic mass is 32.1. The van der Waals surface area contributed by atoms with Gasteiger partial charge in [-0.2, -0.15) is 0 Å². The van der Waals surface area contributed by atoms with Crippen LogP contribution in [0, 0.1) is 0 Å². The predicted octanol–water partition coefficient (Wildman–Crippen LogP) is 2.08. The summed E-state index contributed by atoms with van der Waals surface area (Å²) in [4.78, 5) is 16.6. The van der Waals surface area contributed by atoms with Crippen LogP contribution in [0.3, 0.4) is 0 Å². The third-order valence-electron chi connectivity index (χ3n) is 2.51. The Balaban J connectivity index is 2.74. The molecule has 0 aliphatic rings. The molecule has 0 aromatic carbocycles. The van der Waals surface area contributed by atoms with Crippen LogP contribution in [0.1, 0.15) is 43.3 Å². The third kappa shape index (κ3) is 3.59. The van der Waals surface area contributed by atoms with Gasteiger partial charge in [0.2, 0.25) is 0 Å². The summed E-state index contributed by atoms with van der Waals surface area (Å²) in [5.74, 6) is 0.173. The highest BCUT2D eigenvalue weighted by molar-refractivity contribution is 7.18. The molecule has 1 heterocycles. The van der Waals surface area contributed by atoms with Gasteiger partial charge in [0, 0.05) is 12.6 Å². The molecule has 1 rings (SSSR count). The molecule has 6 heteroatoms. The van der Waals surface area contributed by atoms with Crippen LogP contribution < -0.4 is 16.4 Å². The first-order chi connectivity index (χ1) is 8.12. The van der Waals surface area contributed by atoms with Crippen molar-refractivity contribution in [3.05, 3.63) is 4.88 Å². The summed E-state index contributed by atoms with van der Waals surface area (Å²) in [5.41, 5.74) is 5.73. The number of aromatic nitrogens is 1. The fourth-order valence-electron chi connectivity index (χ4n) is 1.47. The molecule has 1 aromatic rings. The zero-order chi connectivity index (χ0) is 12.8. The van der Waals surface area contributed by atoms with E-state index in [4.69, 9.17) is 5.73 Å². The Kier molecular flexibility index (Phi) is 5.21. The van der Waals surface area contributed by atoms with Crippen molar-refractivity contribution >= 4 is 28.2 Å². The van der Waals surface area contributed by atoms with Gasteiger partial charge in [-0.1, -0.05) is 25.2 Å². The Bertz CT molecular complexity index is 374. The summed E-state index contributed by atoms with van der Waals surface area (Å²) in [7, 11) is 0. The van der Waals surface area contributed by atoms with Crippen LogP contribution in [0.4, 0.5) is 10.9 Å². The summed E-state index contributed by atoms with van der Waals surface area (Å²) in [6.07, 6.45) is 1.84. The number of nitrogen functional groups attached to an aromatic ring is 1. The Morgan fingerprint density at radius 1 is 1.41 bits per heavy atom. The van der Waals surface area contributed by atoms with Crippen molar-refractivity contribution in [3.8, 4) is 0 Å². The number of anilines is 2. The number of hydrogen-bond acceptors (Lipinski definition) is 5. The number of carbonyl (C=O) groups is 1. The van der Waals surface area contributed by atoms with Crippen molar-refractivity contribution < 1.29 is 4.79 Å². The molecule has 0 saturated heterocycles. The van der Waals surface area contributed by atoms with Gasteiger partial charge < -0.3 is 16.4 Å². The van der Waals surface area contributed by atoms with Crippen molar-refractivity contribution in [1.29, 1.82) is 0 Å². The molecule has 0 atom stereocenters. The fraction of sp³-hybridized carbons (Fsp3) is 0.636. The van der Waals surface area contributed by atoms with E-state index in [1.165, 1.54) is 11.3 Å². The van der Waals surface area contributed by atoms with Gasteiger partial charge >= 0.3 is 0 Å². The first kappa shape index (κ1) is 13.8. The minimum Gasteiger partial charge on any atom is -0.382 e. The van der Waals surface area contributed by atoms with Crippen LogP contribution >= 0.6 is 11.3 Å². The molecule has 5 nitrogen and oxygen atoms in total. The molecule has 96 valence electrons. The second-order valence-corrected chi connectivity index (χ2v) is 4.75. The van der Waals surface area contributed by atoms with E-state index in [1.807, 2.05) is 6.92 Å². The van der Waals surface area contributed by atoms with Gasteiger partial charge in [0.25, 0.3) is 5.91 Å². The Morgan fingerprint density at radius 2 is 2.06 bits per heavy atom. The average molecular weight is 256 g/mol. The number of nitrogens with zero attached hydrogens (tertiary/aromatic N) is 1. The van der Waals surface area contributed by atoms with Crippen LogP contribution in [0.2, 0.25) is 0 Å². The molecule has 4 N–H and O–H groups in total. The van der Waals surface area contributed by atoms with Gasteiger partial charge in [0.15, 0.2) is 5.13 Å². The smallest absolute Gasteiger partial charge is 0.265 e. The molecule has 0 bridgehead atoms. The fourth-order valence-corrected chi connectivity index (χ4v) is 2.32. The van der Waals surface area contributed by atoms with Crippen LogP contribution in [0.15, 0.2) is 0 Å². The standard InChI is InChI=1S/C11H20N4OS/c1-4-7(5-2)14-10(16)8-9(12)15-11(17-8)13-6-3/h7H,4-6,12H2,1-3H3,(H,13,15)(H,14,16). The van der Waals surface area contributed by atoms with Crippen LogP contribution in [-0.4, -0.2) is 23.5 Å². The van der Waals surface area contributed by atoms with E-state index in [0.717, 1.165) is 19.4 Å². The molecule has 1 amide bonds. The molecule has 1 aromatic heterocycles. The van der Waals surface area contributed by atoms with E-state index in [2.05, 4.69) is 29.5 Å². The summed E-state index contributed by atoms with van der Waals surface area (Å²) < 4.78 is 0. The van der Waals surface area contributed by atoms with E-state index in [-0.39, 0.29) is 11.9 Å². The van der Waals surface area contributed by atoms with Crippen LogP contribution in [-0.2, 0) is 0 Å². The maximum atomic E-state index is 12.0. The lowest BCUT2D eigenvalue weighted by atomic mass is 10.2. The van der Waals surface area contributed by atoms with Crippen LogP contribution in [0.5, 0.6) is 0 Å². The van der Waals surface area contributed by atoms with Crippen molar-refractivity contribution in [3.63, 3.8) is 0 Å². The Labute approximate surface area is 106 Å². The number of nitrogens with one attached hydrogen (secondary N) is 2. The Hall–Kier alpha value is -1.30. The monoisotopic (exact) mass is 256 g/mol. The lowest BCUT2D eigenvalue weighted by molar-refractivity contribution is 0.0939. The van der Waals surface area contributed by atoms with E-state index in [1.54, 1.807) is 0 Å². The molecule has 0 saturated carbocycles. The third-order valence-corrected chi connectivity index (χ3v) is 3.54. The van der Waals surface area contributed by atoms with Gasteiger partial charge in [-0.05, 0) is 19.8 Å². The summed E-state index contributed by atoms with van der Waals surface area (Å²) in [6, 6.07) is 0.201. The van der Waals surface area contributed by atoms with Gasteiger partial charge in [-0.15, -0.1) is 0 Å². The minimum atomic E-state index is -0.127. The van der Waals surface area contributed by atoms with Crippen molar-refractivity contribution in [1.82, 2.24) is 10.3 Å². The van der Waals surface area contributed by atoms with Crippen molar-refractivity contribution in [2.45, 2.75) is 39.7 Å². The normalized spacial score (nSPS) is 10.6. The first-order valence-electron chi connectivity index (χ1n) is 5.93. The number of rotatable bonds is 6. The predicted molar refractivity (Wildman–Crippen MR) is 72.5 cm³/mol. The number of amides is 1. The van der Waals surface area contributed by atoms with Gasteiger partial charge in [0.05, 0.1) is 0 Å². The van der Waals surface area contributed by atoms with E-state index >= 15 is 0 Å². The molecule has 0 spiro atoms. The lowest BCUT2D eigenvalue weighted by Crippen LogP contribution is -2.33. The molecule has 0 aliphatic heterocycles. The maximum Gasteiger partial charge on any atom is 0.265 e. The number of carbonyl (C=O) groups excluding carboxylic acids is 1. The van der Waals surface area contributed by atoms with E-state index in [9.17, 15) is 4.79 Å². The zero-order valence-corrected chi connectivity index (χ0v) is 11.4. The lowest BCUT2D eigenvalue weighted by Gasteiger charge is -2.13. The molecular weight excluding hydrogens is 236 g/mol. The summed E-state index contributed by atoms with van der Waals surface area (Å²) in [6.45, 7) is 6.84. The molecule has 0 aliphatic carbocycles. The second-order valence-electron chi connectivity index (χ2n) is 3.75. The van der Waals surface area contributed by atoms with E-state index in [0.29, 0.717) is 15.8 Å². The van der Waals surface area contributed by atoms with Gasteiger partial charge in [-0.25, -0.2) is 4.98 Å². The van der Waals surface area contributed by atoms with Crippen molar-refractivity contribution in [2.24, 2.45) is 0 Å². The van der Waals surface area contributed by atoms with Gasteiger partial charge in [0.1, 0.15) is 10.7 Å². The Morgan fingerprint density at radius 3 is 2.59 bits per heavy atom. The molecule has 0 radical (unpaired) electrons. The van der Waals surface area contributed by atoms with E-state index < -0.39 is 0 Å². The highest BCUT2D eigenvalue weighted by Gasteiger charge is 2.17. The quantitative estimate of drug-likeness (QED) is 0.728. The largest absolute Gasteiger partial charge is 0.382 e. The maximum absolute atomic E-state index is 12.0. The molecule has 0 unspecified atom stereocenters. The van der Waals surface area contributed by atoms with Crippen LogP contribution in [0.25, 0.3) is 0 Å². The second kappa shape index (κ2) is 6.44. The number of hydrogen-bond donors (Lipinski definition) is 3. The minimum absolute atomic E-state index is 0.127. The zero-order valence-electron chi connectivity index (χ0n) is 10.5. The molecule has 0 fully saturated rings. The number of nitrogens with two attached hydrogens (primary N) is 1. The molecule has 17 heavy (non-hydrogen) atoms. The summed E-state index contributed by atoms with van der Waals surface area (Å²) >= 11 is 1.30. The average Bonchev–Trinajstić information content (AvgIpc) is 2.67. The SMILES string of the molecule is CCNc1nc(N)c(C(=O)NC(CC)CC)s1. The first-order valence-corrected chi connectivity index (χ1v) is 6.74. The highest BCUT2D eigenvalue weighted by Crippen LogP contribution is 2.24.